The summed E-state index contributed by atoms with van der Waals surface area (Å²) in [6.45, 7) is -0.303. The molecule has 0 spiro atoms. The van der Waals surface area contributed by atoms with Crippen molar-refractivity contribution in [2.45, 2.75) is 48.3 Å². The summed E-state index contributed by atoms with van der Waals surface area (Å²) in [6, 6.07) is 9.36. The zero-order valence-electron chi connectivity index (χ0n) is 15.6. The van der Waals surface area contributed by atoms with E-state index < -0.39 is 5.41 Å². The Kier molecular flexibility index (Phi) is 5.32. The van der Waals surface area contributed by atoms with Crippen LogP contribution in [0.2, 0.25) is 0 Å². The minimum Gasteiger partial charge on any atom is -0.455 e. The monoisotopic (exact) mass is 418 g/mol. The van der Waals surface area contributed by atoms with Crippen molar-refractivity contribution in [1.82, 2.24) is 0 Å². The van der Waals surface area contributed by atoms with Gasteiger partial charge < -0.3 is 10.1 Å². The molecule has 4 aliphatic carbocycles. The molecule has 1 aromatic carbocycles. The number of para-hydroxylation sites is 1. The van der Waals surface area contributed by atoms with Crippen LogP contribution in [0.15, 0.2) is 29.2 Å². The average molecular weight is 419 g/mol. The molecule has 0 saturated heterocycles. The average Bonchev–Trinajstić information content (AvgIpc) is 2.63. The molecular formula is C21H23ClN2O3S. The lowest BCUT2D eigenvalue weighted by molar-refractivity contribution is -0.171. The number of thioether (sulfide) groups is 1. The summed E-state index contributed by atoms with van der Waals surface area (Å²) in [5.74, 6) is 0.665. The zero-order chi connectivity index (χ0) is 19.8. The van der Waals surface area contributed by atoms with Crippen molar-refractivity contribution in [3.05, 3.63) is 24.3 Å². The maximum atomic E-state index is 12.9. The molecule has 5 nitrogen and oxygen atoms in total. The van der Waals surface area contributed by atoms with Gasteiger partial charge in [0.1, 0.15) is 0 Å². The number of rotatable bonds is 6. The molecule has 28 heavy (non-hydrogen) atoms. The number of alkyl halides is 1. The smallest absolute Gasteiger partial charge is 0.312 e. The van der Waals surface area contributed by atoms with Crippen molar-refractivity contribution in [2.75, 3.05) is 17.7 Å². The van der Waals surface area contributed by atoms with Gasteiger partial charge in [0.15, 0.2) is 6.61 Å². The lowest BCUT2D eigenvalue weighted by Crippen LogP contribution is -2.56. The number of ether oxygens (including phenoxy) is 1. The predicted octanol–water partition coefficient (Wildman–Crippen LogP) is 4.36. The summed E-state index contributed by atoms with van der Waals surface area (Å²) in [7, 11) is 0. The second-order valence-electron chi connectivity index (χ2n) is 8.46. The van der Waals surface area contributed by atoms with Gasteiger partial charge in [0.05, 0.1) is 22.9 Å². The molecule has 4 atom stereocenters. The summed E-state index contributed by atoms with van der Waals surface area (Å²) >= 11 is 8.13. The minimum atomic E-state index is -0.507. The summed E-state index contributed by atoms with van der Waals surface area (Å²) in [6.07, 6.45) is 5.51. The number of nitriles is 1. The van der Waals surface area contributed by atoms with Crippen LogP contribution in [0.3, 0.4) is 0 Å². The summed E-state index contributed by atoms with van der Waals surface area (Å²) in [5.41, 5.74) is 0.116. The number of hydrogen-bond acceptors (Lipinski definition) is 5. The number of benzene rings is 1. The highest BCUT2D eigenvalue weighted by atomic mass is 35.5. The SMILES string of the molecule is N#CCSc1ccccc1NC(=O)COC(=O)C12C[C@@H]3C[C@@H](CC(Cl)(C3)C1)C2. The van der Waals surface area contributed by atoms with Gasteiger partial charge in [-0.15, -0.1) is 23.4 Å². The Labute approximate surface area is 174 Å². The van der Waals surface area contributed by atoms with E-state index in [0.29, 0.717) is 29.7 Å². The van der Waals surface area contributed by atoms with Gasteiger partial charge in [0.25, 0.3) is 5.91 Å². The Morgan fingerprint density at radius 2 is 1.96 bits per heavy atom. The quantitative estimate of drug-likeness (QED) is 0.421. The van der Waals surface area contributed by atoms with E-state index in [0.717, 1.165) is 30.6 Å². The number of amides is 1. The third-order valence-corrected chi connectivity index (χ3v) is 7.59. The number of esters is 1. The topological polar surface area (TPSA) is 79.2 Å². The Morgan fingerprint density at radius 1 is 1.25 bits per heavy atom. The molecule has 4 saturated carbocycles. The number of halogens is 1. The number of anilines is 1. The number of carbonyl (C=O) groups excluding carboxylic acids is 2. The fourth-order valence-electron chi connectivity index (χ4n) is 5.67. The van der Waals surface area contributed by atoms with E-state index in [4.69, 9.17) is 21.6 Å². The van der Waals surface area contributed by atoms with Crippen LogP contribution in [0.25, 0.3) is 0 Å². The van der Waals surface area contributed by atoms with Crippen LogP contribution in [-0.4, -0.2) is 29.1 Å². The number of hydrogen-bond donors (Lipinski definition) is 1. The predicted molar refractivity (Wildman–Crippen MR) is 108 cm³/mol. The van der Waals surface area contributed by atoms with E-state index >= 15 is 0 Å². The van der Waals surface area contributed by atoms with Gasteiger partial charge >= 0.3 is 5.97 Å². The zero-order valence-corrected chi connectivity index (χ0v) is 17.2. The molecule has 2 unspecified atom stereocenters. The fraction of sp³-hybridized carbons (Fsp3) is 0.571. The molecule has 4 fully saturated rings. The first-order valence-electron chi connectivity index (χ1n) is 9.66. The molecule has 1 aromatic rings. The van der Waals surface area contributed by atoms with Gasteiger partial charge in [-0.25, -0.2) is 0 Å². The van der Waals surface area contributed by atoms with E-state index in [2.05, 4.69) is 11.4 Å². The van der Waals surface area contributed by atoms with Crippen LogP contribution in [0.4, 0.5) is 5.69 Å². The molecular weight excluding hydrogens is 396 g/mol. The highest BCUT2D eigenvalue weighted by molar-refractivity contribution is 7.99. The molecule has 1 amide bonds. The van der Waals surface area contributed by atoms with Gasteiger partial charge in [-0.1, -0.05) is 12.1 Å². The standard InChI is InChI=1S/C21H23ClN2O3S/c22-21-10-14-7-15(11-21)9-20(8-14,13-21)19(26)27-12-18(25)24-16-3-1-2-4-17(16)28-6-5-23/h1-4,14-15H,6-13H2,(H,24,25)/t14-,15+,20?,21?. The number of nitrogens with one attached hydrogen (secondary N) is 1. The van der Waals surface area contributed by atoms with E-state index in [-0.39, 0.29) is 23.4 Å². The molecule has 0 aromatic heterocycles. The van der Waals surface area contributed by atoms with E-state index in [1.54, 1.807) is 6.07 Å². The second-order valence-corrected chi connectivity index (χ2v) is 10.3. The van der Waals surface area contributed by atoms with Crippen molar-refractivity contribution in [1.29, 1.82) is 5.26 Å². The maximum absolute atomic E-state index is 12.9. The Morgan fingerprint density at radius 3 is 2.64 bits per heavy atom. The minimum absolute atomic E-state index is 0.262. The molecule has 148 valence electrons. The van der Waals surface area contributed by atoms with E-state index in [1.807, 2.05) is 18.2 Å². The van der Waals surface area contributed by atoms with Crippen LogP contribution in [-0.2, 0) is 14.3 Å². The highest BCUT2D eigenvalue weighted by Gasteiger charge is 2.60. The molecule has 0 heterocycles. The molecule has 1 N–H and O–H groups in total. The van der Waals surface area contributed by atoms with Crippen molar-refractivity contribution < 1.29 is 14.3 Å². The number of nitrogens with zero attached hydrogens (tertiary/aromatic N) is 1. The molecule has 0 aliphatic heterocycles. The normalized spacial score (nSPS) is 32.6. The molecule has 0 radical (unpaired) electrons. The van der Waals surface area contributed by atoms with Crippen molar-refractivity contribution in [2.24, 2.45) is 17.3 Å². The third-order valence-electron chi connectivity index (χ3n) is 6.21. The van der Waals surface area contributed by atoms with Crippen LogP contribution in [0, 0.1) is 28.6 Å². The second kappa shape index (κ2) is 7.61. The van der Waals surface area contributed by atoms with Crippen LogP contribution < -0.4 is 5.32 Å². The molecule has 7 heteroatoms. The van der Waals surface area contributed by atoms with Crippen molar-refractivity contribution in [3.63, 3.8) is 0 Å². The first-order chi connectivity index (χ1) is 13.4. The summed E-state index contributed by atoms with van der Waals surface area (Å²) in [4.78, 5) is 25.8. The Balaban J connectivity index is 1.36. The molecule has 4 aliphatic rings. The van der Waals surface area contributed by atoms with Gasteiger partial charge in [0, 0.05) is 9.77 Å². The van der Waals surface area contributed by atoms with Gasteiger partial charge in [0.2, 0.25) is 0 Å². The first-order valence-corrected chi connectivity index (χ1v) is 11.0. The number of carbonyl (C=O) groups is 2. The Bertz CT molecular complexity index is 823. The van der Waals surface area contributed by atoms with Crippen LogP contribution >= 0.6 is 23.4 Å². The van der Waals surface area contributed by atoms with E-state index in [9.17, 15) is 9.59 Å². The van der Waals surface area contributed by atoms with Gasteiger partial charge in [-0.3, -0.25) is 9.59 Å². The van der Waals surface area contributed by atoms with Crippen LogP contribution in [0.5, 0.6) is 0 Å². The third kappa shape index (κ3) is 3.88. The lowest BCUT2D eigenvalue weighted by Gasteiger charge is -2.58. The fourth-order valence-corrected chi connectivity index (χ4v) is 7.03. The van der Waals surface area contributed by atoms with Crippen molar-refractivity contribution in [3.8, 4) is 6.07 Å². The first kappa shape index (κ1) is 19.6. The Hall–Kier alpha value is -1.71. The molecule has 5 rings (SSSR count). The van der Waals surface area contributed by atoms with Crippen molar-refractivity contribution >= 4 is 40.9 Å². The lowest BCUT2D eigenvalue weighted by atomic mass is 9.49. The maximum Gasteiger partial charge on any atom is 0.312 e. The summed E-state index contributed by atoms with van der Waals surface area (Å²) < 4.78 is 5.46. The largest absolute Gasteiger partial charge is 0.455 e. The van der Waals surface area contributed by atoms with E-state index in [1.165, 1.54) is 18.2 Å². The van der Waals surface area contributed by atoms with Gasteiger partial charge in [-0.05, 0) is 62.5 Å². The molecule has 4 bridgehead atoms. The van der Waals surface area contributed by atoms with Gasteiger partial charge in [-0.2, -0.15) is 5.26 Å². The van der Waals surface area contributed by atoms with Crippen LogP contribution in [0.1, 0.15) is 38.5 Å². The summed E-state index contributed by atoms with van der Waals surface area (Å²) in [5, 5.41) is 11.5. The highest BCUT2D eigenvalue weighted by Crippen LogP contribution is 2.64.